The normalized spacial score (nSPS) is 10.3. The minimum absolute atomic E-state index is 0.119. The van der Waals surface area contributed by atoms with Gasteiger partial charge in [0.25, 0.3) is 0 Å². The van der Waals surface area contributed by atoms with Gasteiger partial charge in [-0.05, 0) is 19.1 Å². The third-order valence-corrected chi connectivity index (χ3v) is 3.76. The monoisotopic (exact) mass is 260 g/mol. The molecule has 0 saturated heterocycles. The Kier molecular flexibility index (Phi) is 4.10. The second-order valence-corrected chi connectivity index (χ2v) is 5.11. The Hall–Kier alpha value is -1.68. The van der Waals surface area contributed by atoms with Gasteiger partial charge in [-0.25, -0.2) is 4.98 Å². The number of rotatable bonds is 4. The number of amides is 1. The molecule has 0 spiro atoms. The Morgan fingerprint density at radius 2 is 2.06 bits per heavy atom. The van der Waals surface area contributed by atoms with Crippen molar-refractivity contribution < 1.29 is 4.79 Å². The Labute approximate surface area is 111 Å². The van der Waals surface area contributed by atoms with E-state index in [2.05, 4.69) is 4.98 Å². The van der Waals surface area contributed by atoms with Crippen molar-refractivity contribution in [3.8, 4) is 0 Å². The zero-order valence-electron chi connectivity index (χ0n) is 10.6. The van der Waals surface area contributed by atoms with Gasteiger partial charge in [0.2, 0.25) is 5.91 Å². The van der Waals surface area contributed by atoms with E-state index >= 15 is 0 Å². The molecule has 0 aliphatic rings. The van der Waals surface area contributed by atoms with Crippen molar-refractivity contribution in [3.63, 3.8) is 0 Å². The summed E-state index contributed by atoms with van der Waals surface area (Å²) < 4.78 is 0. The van der Waals surface area contributed by atoms with Gasteiger partial charge < -0.3 is 4.90 Å². The standard InChI is InChI=1S/C14H16N2OS/c1-11-10-18-13(15-11)8-9-14(17)16(2)12-6-4-3-5-7-12/h3-7,10H,8-9H2,1-2H3. The number of carbonyl (C=O) groups excluding carboxylic acids is 1. The van der Waals surface area contributed by atoms with Crippen molar-refractivity contribution in [2.24, 2.45) is 0 Å². The van der Waals surface area contributed by atoms with Crippen molar-refractivity contribution in [3.05, 3.63) is 46.4 Å². The van der Waals surface area contributed by atoms with E-state index < -0.39 is 0 Å². The van der Waals surface area contributed by atoms with Crippen molar-refractivity contribution >= 4 is 22.9 Å². The van der Waals surface area contributed by atoms with E-state index in [0.717, 1.165) is 16.4 Å². The zero-order chi connectivity index (χ0) is 13.0. The first-order valence-electron chi connectivity index (χ1n) is 5.89. The number of thiazole rings is 1. The molecule has 0 aliphatic heterocycles. The molecule has 2 rings (SSSR count). The quantitative estimate of drug-likeness (QED) is 0.846. The number of anilines is 1. The number of benzene rings is 1. The van der Waals surface area contributed by atoms with Gasteiger partial charge in [0.15, 0.2) is 0 Å². The van der Waals surface area contributed by atoms with Gasteiger partial charge in [-0.2, -0.15) is 0 Å². The lowest BCUT2D eigenvalue weighted by molar-refractivity contribution is -0.118. The van der Waals surface area contributed by atoms with Gasteiger partial charge >= 0.3 is 0 Å². The molecule has 0 N–H and O–H groups in total. The lowest BCUT2D eigenvalue weighted by Crippen LogP contribution is -2.26. The van der Waals surface area contributed by atoms with Crippen LogP contribution in [0, 0.1) is 6.92 Å². The molecule has 2 aromatic rings. The summed E-state index contributed by atoms with van der Waals surface area (Å²) in [6.07, 6.45) is 1.22. The first-order chi connectivity index (χ1) is 8.66. The van der Waals surface area contributed by atoms with Crippen LogP contribution in [0.25, 0.3) is 0 Å². The maximum absolute atomic E-state index is 12.0. The van der Waals surface area contributed by atoms with Gasteiger partial charge in [0.1, 0.15) is 0 Å². The minimum Gasteiger partial charge on any atom is -0.315 e. The highest BCUT2D eigenvalue weighted by Gasteiger charge is 2.11. The highest BCUT2D eigenvalue weighted by molar-refractivity contribution is 7.09. The number of aromatic nitrogens is 1. The third-order valence-electron chi connectivity index (χ3n) is 2.74. The van der Waals surface area contributed by atoms with Crippen LogP contribution in [-0.4, -0.2) is 17.9 Å². The summed E-state index contributed by atoms with van der Waals surface area (Å²) in [7, 11) is 1.81. The lowest BCUT2D eigenvalue weighted by atomic mass is 10.2. The van der Waals surface area contributed by atoms with E-state index in [4.69, 9.17) is 0 Å². The maximum Gasteiger partial charge on any atom is 0.227 e. The predicted octanol–water partition coefficient (Wildman–Crippen LogP) is 3.05. The second kappa shape index (κ2) is 5.78. The number of hydrogen-bond donors (Lipinski definition) is 0. The number of para-hydroxylation sites is 1. The van der Waals surface area contributed by atoms with Gasteiger partial charge in [-0.1, -0.05) is 18.2 Å². The second-order valence-electron chi connectivity index (χ2n) is 4.17. The van der Waals surface area contributed by atoms with Crippen molar-refractivity contribution in [1.29, 1.82) is 0 Å². The first kappa shape index (κ1) is 12.8. The van der Waals surface area contributed by atoms with Gasteiger partial charge in [-0.15, -0.1) is 11.3 Å². The van der Waals surface area contributed by atoms with Crippen molar-refractivity contribution in [1.82, 2.24) is 4.98 Å². The highest BCUT2D eigenvalue weighted by Crippen LogP contribution is 2.15. The molecule has 4 heteroatoms. The topological polar surface area (TPSA) is 33.2 Å². The summed E-state index contributed by atoms with van der Waals surface area (Å²) in [6.45, 7) is 1.97. The van der Waals surface area contributed by atoms with Crippen molar-refractivity contribution in [2.45, 2.75) is 19.8 Å². The number of nitrogens with zero attached hydrogens (tertiary/aromatic N) is 2. The molecule has 0 atom stereocenters. The molecule has 18 heavy (non-hydrogen) atoms. The molecule has 0 bridgehead atoms. The zero-order valence-corrected chi connectivity index (χ0v) is 11.4. The predicted molar refractivity (Wildman–Crippen MR) is 75.0 cm³/mol. The van der Waals surface area contributed by atoms with Crippen LogP contribution in [0.4, 0.5) is 5.69 Å². The minimum atomic E-state index is 0.119. The molecule has 1 amide bonds. The van der Waals surface area contributed by atoms with E-state index in [1.807, 2.05) is 49.7 Å². The summed E-state index contributed by atoms with van der Waals surface area (Å²) in [5.74, 6) is 0.119. The summed E-state index contributed by atoms with van der Waals surface area (Å²) >= 11 is 1.62. The molecule has 0 radical (unpaired) electrons. The van der Waals surface area contributed by atoms with Crippen LogP contribution < -0.4 is 4.90 Å². The Morgan fingerprint density at radius 1 is 1.33 bits per heavy atom. The molecule has 0 unspecified atom stereocenters. The number of hydrogen-bond acceptors (Lipinski definition) is 3. The van der Waals surface area contributed by atoms with Crippen molar-refractivity contribution in [2.75, 3.05) is 11.9 Å². The summed E-state index contributed by atoms with van der Waals surface area (Å²) in [6, 6.07) is 9.68. The molecular formula is C14H16N2OS. The Balaban J connectivity index is 1.92. The van der Waals surface area contributed by atoms with Crippen LogP contribution in [0.15, 0.2) is 35.7 Å². The van der Waals surface area contributed by atoms with Crippen LogP contribution in [0.5, 0.6) is 0 Å². The van der Waals surface area contributed by atoms with Crippen LogP contribution in [0.3, 0.4) is 0 Å². The molecule has 3 nitrogen and oxygen atoms in total. The smallest absolute Gasteiger partial charge is 0.227 e. The van der Waals surface area contributed by atoms with Gasteiger partial charge in [-0.3, -0.25) is 4.79 Å². The summed E-state index contributed by atoms with van der Waals surface area (Å²) in [5.41, 5.74) is 1.96. The van der Waals surface area contributed by atoms with E-state index in [-0.39, 0.29) is 5.91 Å². The van der Waals surface area contributed by atoms with E-state index in [0.29, 0.717) is 12.8 Å². The van der Waals surface area contributed by atoms with Gasteiger partial charge in [0, 0.05) is 36.7 Å². The van der Waals surface area contributed by atoms with Crippen LogP contribution in [0.1, 0.15) is 17.1 Å². The fraction of sp³-hybridized carbons (Fsp3) is 0.286. The SMILES string of the molecule is Cc1csc(CCC(=O)N(C)c2ccccc2)n1. The fourth-order valence-corrected chi connectivity index (χ4v) is 2.47. The van der Waals surface area contributed by atoms with E-state index in [1.54, 1.807) is 16.2 Å². The number of carbonyl (C=O) groups is 1. The lowest BCUT2D eigenvalue weighted by Gasteiger charge is -2.16. The molecule has 1 heterocycles. The fourth-order valence-electron chi connectivity index (χ4n) is 1.69. The average molecular weight is 260 g/mol. The van der Waals surface area contributed by atoms with Gasteiger partial charge in [0.05, 0.1) is 5.01 Å². The highest BCUT2D eigenvalue weighted by atomic mass is 32.1. The molecule has 1 aromatic carbocycles. The summed E-state index contributed by atoms with van der Waals surface area (Å²) in [5, 5.41) is 3.04. The van der Waals surface area contributed by atoms with Crippen LogP contribution >= 0.6 is 11.3 Å². The molecule has 94 valence electrons. The van der Waals surface area contributed by atoms with E-state index in [9.17, 15) is 4.79 Å². The molecule has 0 aliphatic carbocycles. The van der Waals surface area contributed by atoms with Crippen LogP contribution in [-0.2, 0) is 11.2 Å². The Morgan fingerprint density at radius 3 is 2.67 bits per heavy atom. The largest absolute Gasteiger partial charge is 0.315 e. The molecule has 1 aromatic heterocycles. The van der Waals surface area contributed by atoms with Crippen LogP contribution in [0.2, 0.25) is 0 Å². The number of aryl methyl sites for hydroxylation is 2. The molecule has 0 fully saturated rings. The summed E-state index contributed by atoms with van der Waals surface area (Å²) in [4.78, 5) is 18.1. The molecular weight excluding hydrogens is 244 g/mol. The maximum atomic E-state index is 12.0. The first-order valence-corrected chi connectivity index (χ1v) is 6.77. The third kappa shape index (κ3) is 3.17. The Bertz CT molecular complexity index is 522. The van der Waals surface area contributed by atoms with E-state index in [1.165, 1.54) is 0 Å². The average Bonchev–Trinajstić information content (AvgIpc) is 2.82. The molecule has 0 saturated carbocycles.